The summed E-state index contributed by atoms with van der Waals surface area (Å²) in [6.07, 6.45) is 5.96. The lowest BCUT2D eigenvalue weighted by Gasteiger charge is -2.28. The van der Waals surface area contributed by atoms with Crippen LogP contribution in [0.3, 0.4) is 0 Å². The van der Waals surface area contributed by atoms with Crippen LogP contribution in [0.25, 0.3) is 6.08 Å². The summed E-state index contributed by atoms with van der Waals surface area (Å²) in [6.45, 7) is 7.17. The smallest absolute Gasteiger partial charge is 0.348 e. The molecule has 1 aliphatic heterocycles. The highest BCUT2D eigenvalue weighted by atomic mass is 35.5. The van der Waals surface area contributed by atoms with Gasteiger partial charge in [-0.1, -0.05) is 93.9 Å². The molecule has 1 heterocycles. The number of methoxy groups -OCH3 is 1. The Labute approximate surface area is 270 Å². The molecule has 3 rings (SSSR count). The number of hydrogen-bond acceptors (Lipinski definition) is 7. The SMILES string of the molecule is CCC(C)[C@@H]1OC(=O)[C@H](C)CNC(=O)C(Cc2ccc(OC)c(Cl)c2)NC(=O)/C=C/CC([C@H](C)/C=C/c2ccccc2)OC1=O. The Bertz CT molecular complexity index is 1380. The molecule has 45 heavy (non-hydrogen) atoms. The van der Waals surface area contributed by atoms with Crippen molar-refractivity contribution in [3.05, 3.63) is 82.9 Å². The van der Waals surface area contributed by atoms with E-state index in [0.29, 0.717) is 22.8 Å². The van der Waals surface area contributed by atoms with Crippen LogP contribution in [0.2, 0.25) is 5.02 Å². The fourth-order valence-corrected chi connectivity index (χ4v) is 4.94. The van der Waals surface area contributed by atoms with E-state index in [0.717, 1.165) is 5.56 Å². The number of cyclic esters (lactones) is 2. The summed E-state index contributed by atoms with van der Waals surface area (Å²) in [7, 11) is 1.51. The second kappa shape index (κ2) is 17.4. The van der Waals surface area contributed by atoms with E-state index in [-0.39, 0.29) is 31.2 Å². The standard InChI is InChI=1S/C35H43ClN2O7/c1-6-22(2)32-35(42)44-29(23(3)15-16-25-11-8-7-9-12-25)13-10-14-31(39)38-28(33(40)37-21-24(4)34(41)45-32)20-26-17-18-30(43-5)27(36)19-26/h7-12,14-19,22-24,28-29,32H,6,13,20-21H2,1-5H3,(H,37,40)(H,38,39)/b14-10+,16-15+/t22?,23-,24-,28?,29?,32+/m1/s1. The second-order valence-corrected chi connectivity index (χ2v) is 11.8. The number of esters is 2. The van der Waals surface area contributed by atoms with Gasteiger partial charge in [-0.15, -0.1) is 0 Å². The Balaban J connectivity index is 1.90. The predicted molar refractivity (Wildman–Crippen MR) is 173 cm³/mol. The van der Waals surface area contributed by atoms with Crippen molar-refractivity contribution in [1.29, 1.82) is 0 Å². The minimum absolute atomic E-state index is 0.0601. The maximum Gasteiger partial charge on any atom is 0.348 e. The maximum atomic E-state index is 13.4. The number of amides is 2. The minimum Gasteiger partial charge on any atom is -0.495 e. The number of rotatable bonds is 8. The molecule has 6 atom stereocenters. The average molecular weight is 639 g/mol. The topological polar surface area (TPSA) is 120 Å². The molecule has 10 heteroatoms. The fraction of sp³-hybridized carbons (Fsp3) is 0.429. The summed E-state index contributed by atoms with van der Waals surface area (Å²) in [5, 5.41) is 5.85. The number of ether oxygens (including phenoxy) is 3. The molecule has 2 amide bonds. The van der Waals surface area contributed by atoms with Crippen LogP contribution < -0.4 is 15.4 Å². The van der Waals surface area contributed by atoms with E-state index in [1.807, 2.05) is 63.3 Å². The van der Waals surface area contributed by atoms with Crippen molar-refractivity contribution in [2.75, 3.05) is 13.7 Å². The third-order valence-electron chi connectivity index (χ3n) is 7.79. The van der Waals surface area contributed by atoms with Crippen LogP contribution in [0.5, 0.6) is 5.75 Å². The molecular formula is C35H43ClN2O7. The van der Waals surface area contributed by atoms with Crippen molar-refractivity contribution in [3.63, 3.8) is 0 Å². The molecule has 3 unspecified atom stereocenters. The minimum atomic E-state index is -1.12. The van der Waals surface area contributed by atoms with E-state index < -0.39 is 47.9 Å². The average Bonchev–Trinajstić information content (AvgIpc) is 3.03. The molecule has 242 valence electrons. The van der Waals surface area contributed by atoms with Crippen LogP contribution in [0.15, 0.2) is 66.8 Å². The van der Waals surface area contributed by atoms with Crippen LogP contribution in [0.1, 0.15) is 51.7 Å². The van der Waals surface area contributed by atoms with E-state index in [9.17, 15) is 19.2 Å². The van der Waals surface area contributed by atoms with Gasteiger partial charge in [0.05, 0.1) is 18.1 Å². The van der Waals surface area contributed by atoms with Gasteiger partial charge in [0, 0.05) is 31.2 Å². The predicted octanol–water partition coefficient (Wildman–Crippen LogP) is 5.31. The van der Waals surface area contributed by atoms with Crippen LogP contribution in [-0.2, 0) is 35.1 Å². The van der Waals surface area contributed by atoms with Gasteiger partial charge >= 0.3 is 11.9 Å². The molecule has 2 aromatic carbocycles. The van der Waals surface area contributed by atoms with Crippen LogP contribution in [0, 0.1) is 17.8 Å². The van der Waals surface area contributed by atoms with Crippen LogP contribution >= 0.6 is 11.6 Å². The molecule has 0 radical (unpaired) electrons. The number of nitrogens with one attached hydrogen (secondary N) is 2. The third-order valence-corrected chi connectivity index (χ3v) is 8.09. The molecule has 0 saturated heterocycles. The van der Waals surface area contributed by atoms with Gasteiger partial charge in [-0.05, 0) is 35.8 Å². The normalized spacial score (nSPS) is 24.1. The number of hydrogen-bond donors (Lipinski definition) is 2. The first-order valence-electron chi connectivity index (χ1n) is 15.2. The van der Waals surface area contributed by atoms with Crippen LogP contribution in [-0.4, -0.2) is 55.7 Å². The van der Waals surface area contributed by atoms with Crippen molar-refractivity contribution in [2.45, 2.75) is 65.2 Å². The lowest BCUT2D eigenvalue weighted by Crippen LogP contribution is -2.49. The van der Waals surface area contributed by atoms with Crippen molar-refractivity contribution < 1.29 is 33.4 Å². The van der Waals surface area contributed by atoms with Gasteiger partial charge in [0.25, 0.3) is 0 Å². The Morgan fingerprint density at radius 2 is 1.78 bits per heavy atom. The zero-order valence-corrected chi connectivity index (χ0v) is 27.2. The van der Waals surface area contributed by atoms with Gasteiger partial charge in [0.1, 0.15) is 17.9 Å². The van der Waals surface area contributed by atoms with Crippen molar-refractivity contribution >= 4 is 41.4 Å². The Morgan fingerprint density at radius 3 is 2.44 bits per heavy atom. The number of halogens is 1. The molecule has 2 N–H and O–H groups in total. The first-order chi connectivity index (χ1) is 21.5. The molecule has 0 aromatic heterocycles. The van der Waals surface area contributed by atoms with Crippen molar-refractivity contribution in [2.24, 2.45) is 17.8 Å². The molecule has 0 saturated carbocycles. The molecule has 9 nitrogen and oxygen atoms in total. The summed E-state index contributed by atoms with van der Waals surface area (Å²) < 4.78 is 16.9. The van der Waals surface area contributed by atoms with Gasteiger partial charge in [0.15, 0.2) is 0 Å². The highest BCUT2D eigenvalue weighted by Crippen LogP contribution is 2.26. The maximum absolute atomic E-state index is 13.4. The van der Waals surface area contributed by atoms with Gasteiger partial charge < -0.3 is 24.8 Å². The summed E-state index contributed by atoms with van der Waals surface area (Å²) in [4.78, 5) is 52.8. The first kappa shape index (κ1) is 35.4. The molecule has 0 bridgehead atoms. The second-order valence-electron chi connectivity index (χ2n) is 11.4. The summed E-state index contributed by atoms with van der Waals surface area (Å²) >= 11 is 6.29. The lowest BCUT2D eigenvalue weighted by molar-refractivity contribution is -0.178. The summed E-state index contributed by atoms with van der Waals surface area (Å²) in [5.74, 6) is -3.10. The van der Waals surface area contributed by atoms with E-state index in [2.05, 4.69) is 10.6 Å². The van der Waals surface area contributed by atoms with Crippen molar-refractivity contribution in [1.82, 2.24) is 10.6 Å². The Morgan fingerprint density at radius 1 is 1.04 bits per heavy atom. The molecule has 0 fully saturated rings. The third kappa shape index (κ3) is 10.8. The zero-order valence-electron chi connectivity index (χ0n) is 26.5. The van der Waals surface area contributed by atoms with Crippen molar-refractivity contribution in [3.8, 4) is 5.75 Å². The van der Waals surface area contributed by atoms with E-state index in [1.165, 1.54) is 13.2 Å². The summed E-state index contributed by atoms with van der Waals surface area (Å²) in [6, 6.07) is 13.9. The number of carbonyl (C=O) groups excluding carboxylic acids is 4. The van der Waals surface area contributed by atoms with Gasteiger partial charge in [-0.25, -0.2) is 4.79 Å². The van der Waals surface area contributed by atoms with E-state index in [4.69, 9.17) is 25.8 Å². The van der Waals surface area contributed by atoms with Gasteiger partial charge in [0.2, 0.25) is 17.9 Å². The highest BCUT2D eigenvalue weighted by molar-refractivity contribution is 6.32. The molecule has 2 aromatic rings. The number of benzene rings is 2. The van der Waals surface area contributed by atoms with Crippen LogP contribution in [0.4, 0.5) is 0 Å². The molecule has 1 aliphatic rings. The quantitative estimate of drug-likeness (QED) is 0.376. The largest absolute Gasteiger partial charge is 0.495 e. The fourth-order valence-electron chi connectivity index (χ4n) is 4.66. The molecule has 0 aliphatic carbocycles. The Hall–Kier alpha value is -4.11. The van der Waals surface area contributed by atoms with E-state index in [1.54, 1.807) is 31.2 Å². The first-order valence-corrected chi connectivity index (χ1v) is 15.6. The highest BCUT2D eigenvalue weighted by Gasteiger charge is 2.34. The molecule has 0 spiro atoms. The zero-order chi connectivity index (χ0) is 32.9. The van der Waals surface area contributed by atoms with Gasteiger partial charge in [-0.2, -0.15) is 0 Å². The monoisotopic (exact) mass is 638 g/mol. The lowest BCUT2D eigenvalue weighted by atomic mass is 9.98. The Kier molecular flexibility index (Phi) is 13.7. The number of carbonyl (C=O) groups is 4. The van der Waals surface area contributed by atoms with E-state index >= 15 is 0 Å². The molecular weight excluding hydrogens is 596 g/mol. The summed E-state index contributed by atoms with van der Waals surface area (Å²) in [5.41, 5.74) is 1.69. The van der Waals surface area contributed by atoms with Gasteiger partial charge in [-0.3, -0.25) is 14.4 Å².